The zero-order chi connectivity index (χ0) is 14.8. The Labute approximate surface area is 118 Å². The number of hydrogen-bond donors (Lipinski definition) is 1. The van der Waals surface area contributed by atoms with Gasteiger partial charge in [-0.2, -0.15) is 5.10 Å². The zero-order valence-electron chi connectivity index (χ0n) is 12.0. The van der Waals surface area contributed by atoms with Crippen LogP contribution in [0.1, 0.15) is 25.3 Å². The molecular formula is C14H20N2O4. The van der Waals surface area contributed by atoms with Crippen LogP contribution in [0.4, 0.5) is 4.79 Å². The van der Waals surface area contributed by atoms with Gasteiger partial charge in [-0.1, -0.05) is 13.3 Å². The van der Waals surface area contributed by atoms with Crippen LogP contribution in [0.3, 0.4) is 0 Å². The summed E-state index contributed by atoms with van der Waals surface area (Å²) < 4.78 is 15.3. The summed E-state index contributed by atoms with van der Waals surface area (Å²) in [5, 5.41) is 3.75. The minimum absolute atomic E-state index is 0.618. The highest BCUT2D eigenvalue weighted by Crippen LogP contribution is 2.27. The molecule has 0 aliphatic carbocycles. The van der Waals surface area contributed by atoms with Gasteiger partial charge in [0.05, 0.1) is 27.0 Å². The normalized spacial score (nSPS) is 10.3. The third-order valence-corrected chi connectivity index (χ3v) is 2.50. The van der Waals surface area contributed by atoms with Gasteiger partial charge in [-0.05, 0) is 30.2 Å². The third kappa shape index (κ3) is 5.17. The van der Waals surface area contributed by atoms with Gasteiger partial charge in [-0.25, -0.2) is 10.2 Å². The van der Waals surface area contributed by atoms with Crippen molar-refractivity contribution in [3.63, 3.8) is 0 Å². The van der Waals surface area contributed by atoms with Crippen LogP contribution in [0, 0.1) is 0 Å². The Morgan fingerprint density at radius 3 is 2.80 bits per heavy atom. The summed E-state index contributed by atoms with van der Waals surface area (Å²) in [4.78, 5) is 10.8. The molecule has 110 valence electrons. The number of nitrogens with zero attached hydrogens (tertiary/aromatic N) is 1. The van der Waals surface area contributed by atoms with Crippen LogP contribution < -0.4 is 14.9 Å². The number of benzene rings is 1. The van der Waals surface area contributed by atoms with Crippen molar-refractivity contribution in [3.8, 4) is 11.5 Å². The number of rotatable bonds is 7. The summed E-state index contributed by atoms with van der Waals surface area (Å²) in [6.45, 7) is 2.76. The number of carbonyl (C=O) groups is 1. The van der Waals surface area contributed by atoms with Crippen LogP contribution in [0.2, 0.25) is 0 Å². The Morgan fingerprint density at radius 1 is 1.35 bits per heavy atom. The van der Waals surface area contributed by atoms with Gasteiger partial charge in [-0.3, -0.25) is 0 Å². The quantitative estimate of drug-likeness (QED) is 0.473. The van der Waals surface area contributed by atoms with E-state index in [2.05, 4.69) is 22.2 Å². The second-order valence-corrected chi connectivity index (χ2v) is 3.97. The van der Waals surface area contributed by atoms with E-state index in [0.29, 0.717) is 18.1 Å². The minimum atomic E-state index is -0.618. The van der Waals surface area contributed by atoms with E-state index in [0.717, 1.165) is 18.4 Å². The standard InChI is InChI=1S/C14H20N2O4/c1-4-5-8-20-12-7-6-11(9-13(12)18-2)10-15-16-14(17)19-3/h6-7,9-10H,4-5,8H2,1-3H3,(H,16,17)/b15-10+. The highest BCUT2D eigenvalue weighted by atomic mass is 16.5. The van der Waals surface area contributed by atoms with Gasteiger partial charge in [-0.15, -0.1) is 0 Å². The van der Waals surface area contributed by atoms with Gasteiger partial charge >= 0.3 is 6.09 Å². The lowest BCUT2D eigenvalue weighted by molar-refractivity contribution is 0.171. The first-order valence-corrected chi connectivity index (χ1v) is 6.39. The molecular weight excluding hydrogens is 260 g/mol. The van der Waals surface area contributed by atoms with E-state index in [1.54, 1.807) is 13.2 Å². The molecule has 0 spiro atoms. The molecule has 6 heteroatoms. The van der Waals surface area contributed by atoms with E-state index in [9.17, 15) is 4.79 Å². The van der Waals surface area contributed by atoms with E-state index >= 15 is 0 Å². The maximum absolute atomic E-state index is 10.8. The number of carbonyl (C=O) groups excluding carboxylic acids is 1. The Balaban J connectivity index is 2.68. The largest absolute Gasteiger partial charge is 0.493 e. The molecule has 0 bridgehead atoms. The number of methoxy groups -OCH3 is 2. The van der Waals surface area contributed by atoms with Crippen LogP contribution in [-0.4, -0.2) is 33.1 Å². The summed E-state index contributed by atoms with van der Waals surface area (Å²) >= 11 is 0. The first-order valence-electron chi connectivity index (χ1n) is 6.39. The average Bonchev–Trinajstić information content (AvgIpc) is 2.48. The van der Waals surface area contributed by atoms with Gasteiger partial charge in [0.25, 0.3) is 0 Å². The molecule has 0 unspecified atom stereocenters. The predicted octanol–water partition coefficient (Wildman–Crippen LogP) is 2.56. The highest BCUT2D eigenvalue weighted by molar-refractivity contribution is 5.82. The summed E-state index contributed by atoms with van der Waals surface area (Å²) in [6, 6.07) is 5.42. The molecule has 0 saturated heterocycles. The van der Waals surface area contributed by atoms with Gasteiger partial charge in [0.15, 0.2) is 11.5 Å². The van der Waals surface area contributed by atoms with Gasteiger partial charge in [0.2, 0.25) is 0 Å². The van der Waals surface area contributed by atoms with Crippen molar-refractivity contribution in [3.05, 3.63) is 23.8 Å². The molecule has 0 aliphatic heterocycles. The molecule has 0 radical (unpaired) electrons. The molecule has 1 N–H and O–H groups in total. The van der Waals surface area contributed by atoms with Crippen molar-refractivity contribution >= 4 is 12.3 Å². The molecule has 1 rings (SSSR count). The van der Waals surface area contributed by atoms with Crippen molar-refractivity contribution in [2.75, 3.05) is 20.8 Å². The number of hydrogen-bond acceptors (Lipinski definition) is 5. The molecule has 6 nitrogen and oxygen atoms in total. The van der Waals surface area contributed by atoms with Crippen LogP contribution >= 0.6 is 0 Å². The number of nitrogens with one attached hydrogen (secondary N) is 1. The fourth-order valence-corrected chi connectivity index (χ4v) is 1.42. The Kier molecular flexibility index (Phi) is 6.95. The van der Waals surface area contributed by atoms with Gasteiger partial charge in [0, 0.05) is 0 Å². The maximum atomic E-state index is 10.8. The summed E-state index contributed by atoms with van der Waals surface area (Å²) in [5.41, 5.74) is 2.99. The second-order valence-electron chi connectivity index (χ2n) is 3.97. The summed E-state index contributed by atoms with van der Waals surface area (Å²) in [6.07, 6.45) is 2.95. The molecule has 0 fully saturated rings. The molecule has 0 saturated carbocycles. The molecule has 1 aromatic rings. The van der Waals surface area contributed by atoms with Crippen molar-refractivity contribution in [1.29, 1.82) is 0 Å². The molecule has 1 aromatic carbocycles. The smallest absolute Gasteiger partial charge is 0.427 e. The summed E-state index contributed by atoms with van der Waals surface area (Å²) in [5.74, 6) is 1.32. The van der Waals surface area contributed by atoms with Crippen LogP contribution in [-0.2, 0) is 4.74 Å². The van der Waals surface area contributed by atoms with Crippen molar-refractivity contribution in [2.24, 2.45) is 5.10 Å². The molecule has 20 heavy (non-hydrogen) atoms. The van der Waals surface area contributed by atoms with E-state index in [4.69, 9.17) is 9.47 Å². The number of unbranched alkanes of at least 4 members (excludes halogenated alkanes) is 1. The van der Waals surface area contributed by atoms with Gasteiger partial charge in [0.1, 0.15) is 0 Å². The van der Waals surface area contributed by atoms with E-state index in [1.165, 1.54) is 13.3 Å². The first-order chi connectivity index (χ1) is 9.71. The van der Waals surface area contributed by atoms with Crippen molar-refractivity contribution < 1.29 is 19.0 Å². The number of ether oxygens (including phenoxy) is 3. The lowest BCUT2D eigenvalue weighted by atomic mass is 10.2. The minimum Gasteiger partial charge on any atom is -0.493 e. The zero-order valence-corrected chi connectivity index (χ0v) is 12.0. The Bertz CT molecular complexity index is 460. The fourth-order valence-electron chi connectivity index (χ4n) is 1.42. The maximum Gasteiger partial charge on any atom is 0.427 e. The first kappa shape index (κ1) is 15.8. The van der Waals surface area contributed by atoms with Crippen molar-refractivity contribution in [2.45, 2.75) is 19.8 Å². The van der Waals surface area contributed by atoms with E-state index in [-0.39, 0.29) is 0 Å². The molecule has 0 aromatic heterocycles. The average molecular weight is 280 g/mol. The highest BCUT2D eigenvalue weighted by Gasteiger charge is 2.04. The summed E-state index contributed by atoms with van der Waals surface area (Å²) in [7, 11) is 2.85. The fraction of sp³-hybridized carbons (Fsp3) is 0.429. The van der Waals surface area contributed by atoms with Crippen molar-refractivity contribution in [1.82, 2.24) is 5.43 Å². The second kappa shape index (κ2) is 8.79. The molecule has 0 aliphatic rings. The van der Waals surface area contributed by atoms with E-state index in [1.807, 2.05) is 12.1 Å². The van der Waals surface area contributed by atoms with Crippen LogP contribution in [0.15, 0.2) is 23.3 Å². The lowest BCUT2D eigenvalue weighted by Gasteiger charge is -2.10. The topological polar surface area (TPSA) is 69.2 Å². The predicted molar refractivity (Wildman–Crippen MR) is 76.5 cm³/mol. The molecule has 1 amide bonds. The monoisotopic (exact) mass is 280 g/mol. The van der Waals surface area contributed by atoms with Gasteiger partial charge < -0.3 is 14.2 Å². The van der Waals surface area contributed by atoms with Crippen LogP contribution in [0.5, 0.6) is 11.5 Å². The molecule has 0 heterocycles. The SMILES string of the molecule is CCCCOc1ccc(/C=N/NC(=O)OC)cc1OC. The van der Waals surface area contributed by atoms with Crippen LogP contribution in [0.25, 0.3) is 0 Å². The number of hydrazone groups is 1. The number of amides is 1. The Morgan fingerprint density at radius 2 is 2.15 bits per heavy atom. The lowest BCUT2D eigenvalue weighted by Crippen LogP contribution is -2.16. The third-order valence-electron chi connectivity index (χ3n) is 2.50. The van der Waals surface area contributed by atoms with E-state index < -0.39 is 6.09 Å². The Hall–Kier alpha value is -2.24. The molecule has 0 atom stereocenters.